The van der Waals surface area contributed by atoms with Gasteiger partial charge < -0.3 is 20.1 Å². The molecule has 2 N–H and O–H groups in total. The number of hydrogen-bond acceptors (Lipinski definition) is 5. The van der Waals surface area contributed by atoms with Gasteiger partial charge in [0.2, 0.25) is 5.91 Å². The fourth-order valence-corrected chi connectivity index (χ4v) is 2.62. The van der Waals surface area contributed by atoms with Gasteiger partial charge in [0.15, 0.2) is 0 Å². The number of carbonyl (C=O) groups is 2. The molecule has 1 aliphatic heterocycles. The first-order valence-corrected chi connectivity index (χ1v) is 6.62. The van der Waals surface area contributed by atoms with E-state index in [-0.39, 0.29) is 12.5 Å². The van der Waals surface area contributed by atoms with E-state index >= 15 is 0 Å². The summed E-state index contributed by atoms with van der Waals surface area (Å²) in [6.45, 7) is 1.79. The number of carbonyl (C=O) groups excluding carboxylic acids is 1. The number of methoxy groups -OCH3 is 1. The summed E-state index contributed by atoms with van der Waals surface area (Å²) in [6.07, 6.45) is 0. The molecular weight excluding hydrogens is 244 g/mol. The van der Waals surface area contributed by atoms with Gasteiger partial charge >= 0.3 is 5.97 Å². The van der Waals surface area contributed by atoms with Crippen molar-refractivity contribution < 1.29 is 19.4 Å². The zero-order chi connectivity index (χ0) is 12.7. The number of rotatable bonds is 6. The summed E-state index contributed by atoms with van der Waals surface area (Å²) < 4.78 is 4.84. The average molecular weight is 262 g/mol. The zero-order valence-electron chi connectivity index (χ0n) is 9.85. The number of carboxylic acid groups (broad SMARTS) is 1. The lowest BCUT2D eigenvalue weighted by molar-refractivity contribution is -0.148. The topological polar surface area (TPSA) is 78.9 Å². The molecule has 1 saturated heterocycles. The normalized spacial score (nSPS) is 20.3. The Hall–Kier alpha value is -0.790. The van der Waals surface area contributed by atoms with Gasteiger partial charge in [0.25, 0.3) is 0 Å². The lowest BCUT2D eigenvalue weighted by Gasteiger charge is -2.32. The quantitative estimate of drug-likeness (QED) is 0.613. The Balaban J connectivity index is 2.39. The Kier molecular flexibility index (Phi) is 6.31. The monoisotopic (exact) mass is 262 g/mol. The number of nitrogens with zero attached hydrogens (tertiary/aromatic N) is 1. The molecule has 1 rings (SSSR count). The summed E-state index contributed by atoms with van der Waals surface area (Å²) in [7, 11) is 1.59. The van der Waals surface area contributed by atoms with Crippen LogP contribution in [0.3, 0.4) is 0 Å². The predicted molar refractivity (Wildman–Crippen MR) is 65.2 cm³/mol. The summed E-state index contributed by atoms with van der Waals surface area (Å²) in [6, 6.07) is -0.689. The number of aliphatic carboxylic acids is 1. The SMILES string of the molecule is COCCNCC(=O)N1CCSCC1C(=O)O. The van der Waals surface area contributed by atoms with Gasteiger partial charge in [-0.25, -0.2) is 4.79 Å². The molecule has 0 aromatic rings. The highest BCUT2D eigenvalue weighted by molar-refractivity contribution is 7.99. The summed E-state index contributed by atoms with van der Waals surface area (Å²) in [5, 5.41) is 11.9. The van der Waals surface area contributed by atoms with Crippen molar-refractivity contribution in [1.29, 1.82) is 0 Å². The van der Waals surface area contributed by atoms with Crippen molar-refractivity contribution in [3.8, 4) is 0 Å². The van der Waals surface area contributed by atoms with Crippen LogP contribution >= 0.6 is 11.8 Å². The second kappa shape index (κ2) is 7.52. The maximum absolute atomic E-state index is 11.8. The van der Waals surface area contributed by atoms with Crippen LogP contribution in [0.5, 0.6) is 0 Å². The van der Waals surface area contributed by atoms with Gasteiger partial charge in [-0.15, -0.1) is 0 Å². The van der Waals surface area contributed by atoms with Gasteiger partial charge in [0.05, 0.1) is 13.2 Å². The highest BCUT2D eigenvalue weighted by Gasteiger charge is 2.31. The van der Waals surface area contributed by atoms with E-state index in [1.165, 1.54) is 4.90 Å². The van der Waals surface area contributed by atoms with Gasteiger partial charge in [0.1, 0.15) is 6.04 Å². The molecule has 1 atom stereocenters. The third kappa shape index (κ3) is 4.53. The van der Waals surface area contributed by atoms with E-state index in [4.69, 9.17) is 9.84 Å². The molecule has 17 heavy (non-hydrogen) atoms. The van der Waals surface area contributed by atoms with Crippen molar-refractivity contribution >= 4 is 23.6 Å². The number of ether oxygens (including phenoxy) is 1. The van der Waals surface area contributed by atoms with E-state index in [1.807, 2.05) is 0 Å². The van der Waals surface area contributed by atoms with Crippen LogP contribution in [0, 0.1) is 0 Å². The van der Waals surface area contributed by atoms with Crippen LogP contribution in [0.15, 0.2) is 0 Å². The molecule has 1 fully saturated rings. The predicted octanol–water partition coefficient (Wildman–Crippen LogP) is -0.749. The Bertz CT molecular complexity index is 275. The molecule has 0 aromatic carbocycles. The van der Waals surface area contributed by atoms with Gasteiger partial charge in [-0.05, 0) is 0 Å². The van der Waals surface area contributed by atoms with Crippen molar-refractivity contribution in [2.75, 3.05) is 44.9 Å². The van der Waals surface area contributed by atoms with E-state index in [0.717, 1.165) is 5.75 Å². The molecule has 0 spiro atoms. The van der Waals surface area contributed by atoms with E-state index in [9.17, 15) is 9.59 Å². The van der Waals surface area contributed by atoms with Crippen molar-refractivity contribution in [3.63, 3.8) is 0 Å². The van der Waals surface area contributed by atoms with Crippen LogP contribution in [-0.4, -0.2) is 72.8 Å². The third-order valence-corrected chi connectivity index (χ3v) is 3.52. The van der Waals surface area contributed by atoms with Gasteiger partial charge in [-0.1, -0.05) is 0 Å². The summed E-state index contributed by atoms with van der Waals surface area (Å²) >= 11 is 1.57. The first-order valence-electron chi connectivity index (χ1n) is 5.46. The Morgan fingerprint density at radius 2 is 2.35 bits per heavy atom. The second-order valence-electron chi connectivity index (χ2n) is 3.69. The summed E-state index contributed by atoms with van der Waals surface area (Å²) in [5.74, 6) is 0.184. The Morgan fingerprint density at radius 1 is 1.59 bits per heavy atom. The molecule has 6 nitrogen and oxygen atoms in total. The van der Waals surface area contributed by atoms with Crippen LogP contribution < -0.4 is 5.32 Å². The number of nitrogens with one attached hydrogen (secondary N) is 1. The summed E-state index contributed by atoms with van der Waals surface area (Å²) in [5.41, 5.74) is 0. The standard InChI is InChI=1S/C10H18N2O4S/c1-16-4-2-11-6-9(13)12-3-5-17-7-8(12)10(14)15/h8,11H,2-7H2,1H3,(H,14,15). The van der Waals surface area contributed by atoms with Crippen molar-refractivity contribution in [2.24, 2.45) is 0 Å². The second-order valence-corrected chi connectivity index (χ2v) is 4.84. The smallest absolute Gasteiger partial charge is 0.327 e. The maximum atomic E-state index is 11.8. The lowest BCUT2D eigenvalue weighted by atomic mass is 10.2. The van der Waals surface area contributed by atoms with Crippen LogP contribution in [0.2, 0.25) is 0 Å². The minimum absolute atomic E-state index is 0.159. The molecule has 7 heteroatoms. The van der Waals surface area contributed by atoms with Gasteiger partial charge in [-0.2, -0.15) is 11.8 Å². The molecule has 1 amide bonds. The molecule has 98 valence electrons. The van der Waals surface area contributed by atoms with Crippen LogP contribution in [0.4, 0.5) is 0 Å². The minimum atomic E-state index is -0.928. The largest absolute Gasteiger partial charge is 0.480 e. The fraction of sp³-hybridized carbons (Fsp3) is 0.800. The van der Waals surface area contributed by atoms with E-state index in [1.54, 1.807) is 18.9 Å². The Morgan fingerprint density at radius 3 is 3.00 bits per heavy atom. The molecule has 1 heterocycles. The van der Waals surface area contributed by atoms with Crippen LogP contribution in [0.1, 0.15) is 0 Å². The number of amides is 1. The van der Waals surface area contributed by atoms with Gasteiger partial charge in [-0.3, -0.25) is 4.79 Å². The first-order chi connectivity index (χ1) is 8.16. The molecule has 0 radical (unpaired) electrons. The molecule has 0 bridgehead atoms. The van der Waals surface area contributed by atoms with Crippen LogP contribution in [-0.2, 0) is 14.3 Å². The van der Waals surface area contributed by atoms with Crippen LogP contribution in [0.25, 0.3) is 0 Å². The number of thioether (sulfide) groups is 1. The fourth-order valence-electron chi connectivity index (χ4n) is 1.58. The third-order valence-electron chi connectivity index (χ3n) is 2.49. The lowest BCUT2D eigenvalue weighted by Crippen LogP contribution is -2.52. The Labute approximate surface area is 105 Å². The van der Waals surface area contributed by atoms with E-state index in [0.29, 0.717) is 25.4 Å². The number of hydrogen-bond donors (Lipinski definition) is 2. The molecular formula is C10H18N2O4S. The molecule has 0 aliphatic carbocycles. The first kappa shape index (κ1) is 14.3. The maximum Gasteiger partial charge on any atom is 0.327 e. The van der Waals surface area contributed by atoms with E-state index < -0.39 is 12.0 Å². The molecule has 0 saturated carbocycles. The highest BCUT2D eigenvalue weighted by Crippen LogP contribution is 2.16. The molecule has 1 aliphatic rings. The average Bonchev–Trinajstić information content (AvgIpc) is 2.34. The minimum Gasteiger partial charge on any atom is -0.480 e. The highest BCUT2D eigenvalue weighted by atomic mass is 32.2. The molecule has 0 aromatic heterocycles. The molecule has 1 unspecified atom stereocenters. The van der Waals surface area contributed by atoms with Gasteiger partial charge in [0, 0.05) is 31.7 Å². The van der Waals surface area contributed by atoms with E-state index in [2.05, 4.69) is 5.32 Å². The van der Waals surface area contributed by atoms with Crippen molar-refractivity contribution in [3.05, 3.63) is 0 Å². The zero-order valence-corrected chi connectivity index (χ0v) is 10.7. The van der Waals surface area contributed by atoms with Crippen molar-refractivity contribution in [1.82, 2.24) is 10.2 Å². The summed E-state index contributed by atoms with van der Waals surface area (Å²) in [4.78, 5) is 24.3. The number of carboxylic acids is 1. The van der Waals surface area contributed by atoms with Crippen molar-refractivity contribution in [2.45, 2.75) is 6.04 Å².